The van der Waals surface area contributed by atoms with E-state index in [2.05, 4.69) is 0 Å². The van der Waals surface area contributed by atoms with Crippen LogP contribution in [0.15, 0.2) is 24.3 Å². The van der Waals surface area contributed by atoms with Gasteiger partial charge in [-0.2, -0.15) is 0 Å². The van der Waals surface area contributed by atoms with Gasteiger partial charge in [0.15, 0.2) is 5.78 Å². The van der Waals surface area contributed by atoms with Crippen molar-refractivity contribution < 1.29 is 75.2 Å². The SMILES string of the molecule is O=C1C[C@H](c2ccc(O)cc2)Oc2c1c(O)c([C@@H]1O[C@@H](CO)[C@@H](O)[C@@H](O)[C@H]1O)c(O)c2[C@H]1O[C@@H](CO)[C@@H](O)[C@@H](O)[C@H]1O. The zero-order valence-corrected chi connectivity index (χ0v) is 21.8. The van der Waals surface area contributed by atoms with Crippen molar-refractivity contribution in [3.8, 4) is 23.0 Å². The monoisotopic (exact) mass is 596 g/mol. The van der Waals surface area contributed by atoms with Crippen molar-refractivity contribution in [1.29, 1.82) is 0 Å². The van der Waals surface area contributed by atoms with Gasteiger partial charge in [-0.1, -0.05) is 12.1 Å². The van der Waals surface area contributed by atoms with Crippen LogP contribution >= 0.6 is 0 Å². The van der Waals surface area contributed by atoms with Crippen LogP contribution in [0, 0.1) is 0 Å². The molecule has 0 saturated carbocycles. The number of phenols is 3. The molecule has 0 aromatic heterocycles. The van der Waals surface area contributed by atoms with Gasteiger partial charge in [-0.15, -0.1) is 0 Å². The molecule has 3 aliphatic heterocycles. The molecule has 0 amide bonds. The van der Waals surface area contributed by atoms with Gasteiger partial charge in [-0.3, -0.25) is 4.79 Å². The summed E-state index contributed by atoms with van der Waals surface area (Å²) in [6, 6.07) is 5.62. The molecule has 42 heavy (non-hydrogen) atoms. The lowest BCUT2D eigenvalue weighted by atomic mass is 9.82. The summed E-state index contributed by atoms with van der Waals surface area (Å²) in [5, 5.41) is 115. The molecule has 15 nitrogen and oxygen atoms in total. The normalized spacial score (nSPS) is 36.8. The zero-order chi connectivity index (χ0) is 30.6. The van der Waals surface area contributed by atoms with E-state index in [1.165, 1.54) is 24.3 Å². The molecule has 230 valence electrons. The number of rotatable bonds is 5. The highest BCUT2D eigenvalue weighted by molar-refractivity contribution is 6.04. The molecule has 3 aliphatic rings. The fourth-order valence-corrected chi connectivity index (χ4v) is 5.67. The van der Waals surface area contributed by atoms with Crippen LogP contribution in [-0.2, 0) is 9.47 Å². The van der Waals surface area contributed by atoms with Crippen LogP contribution in [0.4, 0.5) is 0 Å². The van der Waals surface area contributed by atoms with Gasteiger partial charge in [0.05, 0.1) is 30.8 Å². The van der Waals surface area contributed by atoms with Gasteiger partial charge in [0.25, 0.3) is 0 Å². The molecule has 3 heterocycles. The lowest BCUT2D eigenvalue weighted by molar-refractivity contribution is -0.234. The Hall–Kier alpha value is -3.09. The molecule has 15 heteroatoms. The van der Waals surface area contributed by atoms with Crippen LogP contribution in [0.3, 0.4) is 0 Å². The summed E-state index contributed by atoms with van der Waals surface area (Å²) in [6.07, 6.45) is -19.4. The maximum Gasteiger partial charge on any atom is 0.174 e. The Balaban J connectivity index is 1.72. The minimum atomic E-state index is -2.01. The van der Waals surface area contributed by atoms with Crippen LogP contribution in [0.25, 0.3) is 0 Å². The summed E-state index contributed by atoms with van der Waals surface area (Å²) in [6.45, 7) is -1.68. The number of phenolic OH excluding ortho intramolecular Hbond substituents is 3. The van der Waals surface area contributed by atoms with Crippen molar-refractivity contribution in [2.75, 3.05) is 13.2 Å². The first kappa shape index (κ1) is 30.4. The predicted molar refractivity (Wildman–Crippen MR) is 136 cm³/mol. The average molecular weight is 597 g/mol. The number of carbonyl (C=O) groups excluding carboxylic acids is 1. The second-order valence-electron chi connectivity index (χ2n) is 10.6. The van der Waals surface area contributed by atoms with E-state index in [0.29, 0.717) is 5.56 Å². The van der Waals surface area contributed by atoms with Crippen LogP contribution < -0.4 is 4.74 Å². The molecule has 11 atom stereocenters. The number of ketones is 1. The molecule has 0 bridgehead atoms. The molecule has 2 aromatic rings. The highest BCUT2D eigenvalue weighted by atomic mass is 16.6. The Kier molecular flexibility index (Phi) is 8.34. The van der Waals surface area contributed by atoms with E-state index in [-0.39, 0.29) is 12.2 Å². The molecule has 2 fully saturated rings. The third-order valence-corrected chi connectivity index (χ3v) is 8.00. The van der Waals surface area contributed by atoms with Crippen molar-refractivity contribution >= 4 is 5.78 Å². The molecular formula is C27H32O15. The number of hydrogen-bond donors (Lipinski definition) is 11. The van der Waals surface area contributed by atoms with Crippen molar-refractivity contribution in [3.05, 3.63) is 46.5 Å². The van der Waals surface area contributed by atoms with E-state index in [9.17, 15) is 61.0 Å². The van der Waals surface area contributed by atoms with Gasteiger partial charge in [0.1, 0.15) is 95.7 Å². The number of aliphatic hydroxyl groups is 8. The summed E-state index contributed by atoms with van der Waals surface area (Å²) in [4.78, 5) is 13.5. The van der Waals surface area contributed by atoms with Gasteiger partial charge < -0.3 is 70.4 Å². The molecule has 11 N–H and O–H groups in total. The Labute approximate surface area is 237 Å². The fraction of sp³-hybridized carbons (Fsp3) is 0.519. The number of Topliss-reactive ketones (excluding diaryl/α,β-unsaturated/α-hetero) is 1. The lowest BCUT2D eigenvalue weighted by Crippen LogP contribution is -2.55. The van der Waals surface area contributed by atoms with E-state index in [0.717, 1.165) is 0 Å². The maximum absolute atomic E-state index is 13.5. The Bertz CT molecular complexity index is 1310. The Morgan fingerprint density at radius 2 is 1.17 bits per heavy atom. The van der Waals surface area contributed by atoms with Crippen LogP contribution in [0.2, 0.25) is 0 Å². The predicted octanol–water partition coefficient (Wildman–Crippen LogP) is -2.46. The van der Waals surface area contributed by atoms with E-state index in [1.54, 1.807) is 0 Å². The second kappa shape index (κ2) is 11.5. The molecule has 0 aliphatic carbocycles. The largest absolute Gasteiger partial charge is 0.508 e. The smallest absolute Gasteiger partial charge is 0.174 e. The highest BCUT2D eigenvalue weighted by Gasteiger charge is 2.51. The lowest BCUT2D eigenvalue weighted by Gasteiger charge is -2.43. The van der Waals surface area contributed by atoms with Crippen molar-refractivity contribution in [1.82, 2.24) is 0 Å². The molecule has 2 saturated heterocycles. The summed E-state index contributed by atoms with van der Waals surface area (Å²) in [7, 11) is 0. The van der Waals surface area contributed by atoms with E-state index >= 15 is 0 Å². The van der Waals surface area contributed by atoms with Crippen molar-refractivity contribution in [3.63, 3.8) is 0 Å². The van der Waals surface area contributed by atoms with Crippen LogP contribution in [-0.4, -0.2) is 124 Å². The number of aliphatic hydroxyl groups excluding tert-OH is 8. The molecular weight excluding hydrogens is 564 g/mol. The van der Waals surface area contributed by atoms with Gasteiger partial charge in [-0.05, 0) is 17.7 Å². The van der Waals surface area contributed by atoms with Gasteiger partial charge in [0, 0.05) is 0 Å². The highest BCUT2D eigenvalue weighted by Crippen LogP contribution is 2.55. The average Bonchev–Trinajstić information content (AvgIpc) is 2.97. The van der Waals surface area contributed by atoms with Crippen molar-refractivity contribution in [2.24, 2.45) is 0 Å². The number of fused-ring (bicyclic) bond motifs is 1. The first-order valence-corrected chi connectivity index (χ1v) is 13.1. The number of hydrogen-bond acceptors (Lipinski definition) is 15. The number of aromatic hydroxyl groups is 3. The van der Waals surface area contributed by atoms with Crippen molar-refractivity contribution in [2.45, 2.75) is 73.6 Å². The van der Waals surface area contributed by atoms with E-state index in [4.69, 9.17) is 14.2 Å². The third kappa shape index (κ3) is 4.87. The molecule has 0 spiro atoms. The summed E-state index contributed by atoms with van der Waals surface area (Å²) >= 11 is 0. The topological polar surface area (TPSA) is 267 Å². The van der Waals surface area contributed by atoms with E-state index in [1.807, 2.05) is 0 Å². The summed E-state index contributed by atoms with van der Waals surface area (Å²) < 4.78 is 17.2. The maximum atomic E-state index is 13.5. The minimum absolute atomic E-state index is 0.0669. The Morgan fingerprint density at radius 3 is 1.67 bits per heavy atom. The Morgan fingerprint density at radius 1 is 0.667 bits per heavy atom. The molecule has 0 radical (unpaired) electrons. The number of benzene rings is 2. The van der Waals surface area contributed by atoms with Gasteiger partial charge >= 0.3 is 0 Å². The molecule has 0 unspecified atom stereocenters. The zero-order valence-electron chi connectivity index (χ0n) is 21.8. The summed E-state index contributed by atoms with van der Waals surface area (Å²) in [5.41, 5.74) is -1.34. The molecule has 2 aromatic carbocycles. The van der Waals surface area contributed by atoms with Gasteiger partial charge in [0.2, 0.25) is 0 Å². The third-order valence-electron chi connectivity index (χ3n) is 8.00. The standard InChI is InChI=1S/C27H32O15/c28-6-12-17(32)21(36)23(38)26(41-12)15-19(34)14-10(31)5-11(8-1-3-9(30)4-2-8)40-25(14)16(20(15)35)27-24(39)22(37)18(33)13(7-29)42-27/h1-4,11-13,17-18,21-24,26-30,32-39H,5-7H2/t11-,12+,13+,17-,18-,21-,22-,23-,24-,26+,27-/m1/s1. The molecule has 5 rings (SSSR count). The van der Waals surface area contributed by atoms with E-state index < -0.39 is 120 Å². The minimum Gasteiger partial charge on any atom is -0.508 e. The number of carbonyl (C=O) groups is 1. The first-order chi connectivity index (χ1) is 19.9. The number of ether oxygens (including phenoxy) is 3. The van der Waals surface area contributed by atoms with Gasteiger partial charge in [-0.25, -0.2) is 0 Å². The second-order valence-corrected chi connectivity index (χ2v) is 10.6. The quantitative estimate of drug-likeness (QED) is 0.171. The fourth-order valence-electron chi connectivity index (χ4n) is 5.67. The van der Waals surface area contributed by atoms with Crippen LogP contribution in [0.1, 0.15) is 51.8 Å². The van der Waals surface area contributed by atoms with Crippen LogP contribution in [0.5, 0.6) is 23.0 Å². The first-order valence-electron chi connectivity index (χ1n) is 13.1. The summed E-state index contributed by atoms with van der Waals surface area (Å²) in [5.74, 6) is -3.21.